The van der Waals surface area contributed by atoms with E-state index in [1.54, 1.807) is 14.2 Å². The molecule has 25 heavy (non-hydrogen) atoms. The Kier molecular flexibility index (Phi) is 6.18. The van der Waals surface area contributed by atoms with Crippen LogP contribution in [0.1, 0.15) is 22.6 Å². The first-order valence-corrected chi connectivity index (χ1v) is 9.78. The van der Waals surface area contributed by atoms with Gasteiger partial charge in [-0.3, -0.25) is 0 Å². The molecule has 0 heterocycles. The highest BCUT2D eigenvalue weighted by Gasteiger charge is 2.22. The summed E-state index contributed by atoms with van der Waals surface area (Å²) in [5.74, 6) is 0.306. The molecule has 0 saturated carbocycles. The first-order chi connectivity index (χ1) is 12.3. The van der Waals surface area contributed by atoms with Crippen LogP contribution in [-0.4, -0.2) is 23.5 Å². The summed E-state index contributed by atoms with van der Waals surface area (Å²) in [6.45, 7) is 0. The molecule has 0 aliphatic carbocycles. The van der Waals surface area contributed by atoms with Crippen LogP contribution >= 0.6 is 0 Å². The lowest BCUT2D eigenvalue weighted by atomic mass is 9.86. The maximum atomic E-state index is 5.60. The van der Waals surface area contributed by atoms with Gasteiger partial charge >= 0.3 is 9.28 Å². The predicted molar refractivity (Wildman–Crippen MR) is 104 cm³/mol. The number of hydrogen-bond acceptors (Lipinski definition) is 2. The van der Waals surface area contributed by atoms with Crippen LogP contribution in [-0.2, 0) is 15.3 Å². The minimum Gasteiger partial charge on any atom is -0.393 e. The van der Waals surface area contributed by atoms with Gasteiger partial charge in [0.2, 0.25) is 0 Å². The van der Waals surface area contributed by atoms with Crippen molar-refractivity contribution in [1.82, 2.24) is 0 Å². The topological polar surface area (TPSA) is 18.5 Å². The summed E-state index contributed by atoms with van der Waals surface area (Å²) in [6, 6.07) is 29.9. The van der Waals surface area contributed by atoms with Gasteiger partial charge in [0, 0.05) is 20.1 Å². The average Bonchev–Trinajstić information content (AvgIpc) is 2.69. The summed E-state index contributed by atoms with van der Waals surface area (Å²) >= 11 is 0. The van der Waals surface area contributed by atoms with Gasteiger partial charge < -0.3 is 8.85 Å². The molecule has 0 aromatic heterocycles. The molecule has 3 rings (SSSR count). The SMILES string of the molecule is CO[Si](OC)c1ccccc1CC(c1ccccc1)c1ccccc1. The molecule has 3 heteroatoms. The van der Waals surface area contributed by atoms with Crippen LogP contribution < -0.4 is 5.19 Å². The Labute approximate surface area is 151 Å². The molecule has 1 radical (unpaired) electrons. The Balaban J connectivity index is 2.00. The predicted octanol–water partition coefficient (Wildman–Crippen LogP) is 4.05. The molecule has 0 spiro atoms. The van der Waals surface area contributed by atoms with Gasteiger partial charge in [0.25, 0.3) is 0 Å². The highest BCUT2D eigenvalue weighted by Crippen LogP contribution is 2.28. The van der Waals surface area contributed by atoms with Crippen molar-refractivity contribution < 1.29 is 8.85 Å². The van der Waals surface area contributed by atoms with Crippen LogP contribution in [0, 0.1) is 0 Å². The molecule has 3 aromatic carbocycles. The molecule has 0 saturated heterocycles. The molecular formula is C22H23O2Si. The third-order valence-electron chi connectivity index (χ3n) is 4.44. The van der Waals surface area contributed by atoms with Crippen molar-refractivity contribution in [2.24, 2.45) is 0 Å². The fraction of sp³-hybridized carbons (Fsp3) is 0.182. The largest absolute Gasteiger partial charge is 0.423 e. The molecule has 0 unspecified atom stereocenters. The Bertz CT molecular complexity index is 731. The monoisotopic (exact) mass is 347 g/mol. The standard InChI is InChI=1S/C22H23O2Si/c1-23-25(24-2)22-16-10-9-15-20(22)17-21(18-11-5-3-6-12-18)19-13-7-4-8-14-19/h3-16,21H,17H2,1-2H3. The van der Waals surface area contributed by atoms with Crippen LogP contribution in [0.15, 0.2) is 84.9 Å². The van der Waals surface area contributed by atoms with Crippen molar-refractivity contribution >= 4 is 14.5 Å². The number of rotatable bonds is 7. The number of hydrogen-bond donors (Lipinski definition) is 0. The third-order valence-corrected chi connectivity index (χ3v) is 6.11. The zero-order valence-corrected chi connectivity index (χ0v) is 15.7. The zero-order chi connectivity index (χ0) is 17.5. The minimum absolute atomic E-state index is 0.306. The van der Waals surface area contributed by atoms with E-state index in [1.165, 1.54) is 21.9 Å². The van der Waals surface area contributed by atoms with E-state index in [0.29, 0.717) is 5.92 Å². The minimum atomic E-state index is -1.44. The smallest absolute Gasteiger partial charge is 0.393 e. The van der Waals surface area contributed by atoms with Crippen molar-refractivity contribution in [3.63, 3.8) is 0 Å². The van der Waals surface area contributed by atoms with Crippen molar-refractivity contribution in [3.8, 4) is 0 Å². The van der Waals surface area contributed by atoms with Gasteiger partial charge in [-0.2, -0.15) is 0 Å². The first kappa shape index (κ1) is 17.6. The van der Waals surface area contributed by atoms with Crippen molar-refractivity contribution in [2.75, 3.05) is 14.2 Å². The second kappa shape index (κ2) is 8.76. The van der Waals surface area contributed by atoms with E-state index in [1.807, 2.05) is 0 Å². The van der Waals surface area contributed by atoms with E-state index < -0.39 is 9.28 Å². The lowest BCUT2D eigenvalue weighted by molar-refractivity contribution is 0.291. The summed E-state index contributed by atoms with van der Waals surface area (Å²) in [5, 5.41) is 1.19. The van der Waals surface area contributed by atoms with Crippen LogP contribution in [0.4, 0.5) is 0 Å². The van der Waals surface area contributed by atoms with Crippen LogP contribution in [0.3, 0.4) is 0 Å². The molecule has 0 bridgehead atoms. The van der Waals surface area contributed by atoms with Gasteiger partial charge in [0.05, 0.1) is 0 Å². The van der Waals surface area contributed by atoms with Crippen molar-refractivity contribution in [2.45, 2.75) is 12.3 Å². The molecule has 0 aliphatic heterocycles. The lowest BCUT2D eigenvalue weighted by Gasteiger charge is -2.21. The highest BCUT2D eigenvalue weighted by molar-refractivity contribution is 6.61. The molecule has 0 fully saturated rings. The molecular weight excluding hydrogens is 324 g/mol. The van der Waals surface area contributed by atoms with Gasteiger partial charge in [-0.05, 0) is 28.3 Å². The van der Waals surface area contributed by atoms with Gasteiger partial charge in [0.15, 0.2) is 0 Å². The summed E-state index contributed by atoms with van der Waals surface area (Å²) in [6.07, 6.45) is 0.922. The van der Waals surface area contributed by atoms with E-state index in [4.69, 9.17) is 8.85 Å². The van der Waals surface area contributed by atoms with Gasteiger partial charge in [0.1, 0.15) is 0 Å². The van der Waals surface area contributed by atoms with Gasteiger partial charge in [-0.15, -0.1) is 0 Å². The molecule has 2 nitrogen and oxygen atoms in total. The average molecular weight is 348 g/mol. The van der Waals surface area contributed by atoms with Gasteiger partial charge in [-0.25, -0.2) is 0 Å². The molecule has 0 amide bonds. The molecule has 0 atom stereocenters. The fourth-order valence-corrected chi connectivity index (χ4v) is 4.51. The zero-order valence-electron chi connectivity index (χ0n) is 14.7. The van der Waals surface area contributed by atoms with E-state index in [0.717, 1.165) is 6.42 Å². The number of benzene rings is 3. The van der Waals surface area contributed by atoms with Crippen molar-refractivity contribution in [1.29, 1.82) is 0 Å². The second-order valence-electron chi connectivity index (χ2n) is 5.93. The van der Waals surface area contributed by atoms with Crippen molar-refractivity contribution in [3.05, 3.63) is 102 Å². The van der Waals surface area contributed by atoms with E-state index in [-0.39, 0.29) is 0 Å². The van der Waals surface area contributed by atoms with E-state index >= 15 is 0 Å². The summed E-state index contributed by atoms with van der Waals surface area (Å²) in [5.41, 5.74) is 3.94. The molecule has 0 aliphatic rings. The normalized spacial score (nSPS) is 11.2. The Hall–Kier alpha value is -2.20. The summed E-state index contributed by atoms with van der Waals surface area (Å²) in [7, 11) is 2.01. The molecule has 127 valence electrons. The lowest BCUT2D eigenvalue weighted by Crippen LogP contribution is -2.37. The first-order valence-electron chi connectivity index (χ1n) is 8.46. The Morgan fingerprint density at radius 1 is 0.680 bits per heavy atom. The molecule has 3 aromatic rings. The van der Waals surface area contributed by atoms with Gasteiger partial charge in [-0.1, -0.05) is 84.9 Å². The van der Waals surface area contributed by atoms with Crippen LogP contribution in [0.25, 0.3) is 0 Å². The maximum Gasteiger partial charge on any atom is 0.423 e. The Morgan fingerprint density at radius 3 is 1.68 bits per heavy atom. The Morgan fingerprint density at radius 2 is 1.16 bits per heavy atom. The summed E-state index contributed by atoms with van der Waals surface area (Å²) in [4.78, 5) is 0. The third kappa shape index (κ3) is 4.26. The van der Waals surface area contributed by atoms with Crippen LogP contribution in [0.5, 0.6) is 0 Å². The van der Waals surface area contributed by atoms with E-state index in [9.17, 15) is 0 Å². The highest BCUT2D eigenvalue weighted by atomic mass is 28.3. The summed E-state index contributed by atoms with van der Waals surface area (Å²) < 4.78 is 11.2. The second-order valence-corrected chi connectivity index (χ2v) is 7.86. The maximum absolute atomic E-state index is 5.60. The quantitative estimate of drug-likeness (QED) is 0.600. The van der Waals surface area contributed by atoms with E-state index in [2.05, 4.69) is 84.9 Å². The molecule has 0 N–H and O–H groups in total. The fourth-order valence-electron chi connectivity index (χ4n) is 3.22. The van der Waals surface area contributed by atoms with Crippen LogP contribution in [0.2, 0.25) is 0 Å².